The highest BCUT2D eigenvalue weighted by atomic mass is 16.3. The van der Waals surface area contributed by atoms with Gasteiger partial charge < -0.3 is 5.11 Å². The molecule has 0 aromatic heterocycles. The molecule has 1 atom stereocenters. The van der Waals surface area contributed by atoms with Crippen LogP contribution in [0.3, 0.4) is 0 Å². The first-order valence-corrected chi connectivity index (χ1v) is 6.68. The third-order valence-electron chi connectivity index (χ3n) is 3.58. The first-order valence-electron chi connectivity index (χ1n) is 6.68. The summed E-state index contributed by atoms with van der Waals surface area (Å²) in [6.45, 7) is 2.10. The summed E-state index contributed by atoms with van der Waals surface area (Å²) in [6.07, 6.45) is 8.61. The number of aliphatic hydroxyl groups is 1. The van der Waals surface area contributed by atoms with Crippen molar-refractivity contribution in [2.75, 3.05) is 0 Å². The van der Waals surface area contributed by atoms with Gasteiger partial charge in [0.25, 0.3) is 0 Å². The molecule has 0 heterocycles. The van der Waals surface area contributed by atoms with Crippen molar-refractivity contribution in [3.63, 3.8) is 0 Å². The number of hydrogen-bond acceptors (Lipinski definition) is 1. The molecule has 2 rings (SSSR count). The second-order valence-corrected chi connectivity index (χ2v) is 5.06. The molecule has 1 aromatic carbocycles. The van der Waals surface area contributed by atoms with Gasteiger partial charge in [0, 0.05) is 0 Å². The van der Waals surface area contributed by atoms with Crippen molar-refractivity contribution in [2.24, 2.45) is 0 Å². The predicted molar refractivity (Wildman–Crippen MR) is 72.1 cm³/mol. The highest BCUT2D eigenvalue weighted by Crippen LogP contribution is 2.22. The van der Waals surface area contributed by atoms with Crippen LogP contribution in [0.15, 0.2) is 35.9 Å². The maximum atomic E-state index is 10.1. The zero-order chi connectivity index (χ0) is 12.1. The normalized spacial score (nSPS) is 17.6. The van der Waals surface area contributed by atoms with Crippen LogP contribution in [-0.4, -0.2) is 11.2 Å². The van der Waals surface area contributed by atoms with Gasteiger partial charge in [0.15, 0.2) is 0 Å². The minimum atomic E-state index is -0.225. The number of aliphatic hydroxyl groups excluding tert-OH is 1. The number of hydrogen-bond donors (Lipinski definition) is 1. The highest BCUT2D eigenvalue weighted by molar-refractivity contribution is 5.22. The van der Waals surface area contributed by atoms with Crippen molar-refractivity contribution in [2.45, 2.75) is 51.6 Å². The van der Waals surface area contributed by atoms with E-state index in [1.807, 2.05) is 0 Å². The number of rotatable bonds is 4. The Morgan fingerprint density at radius 2 is 1.94 bits per heavy atom. The van der Waals surface area contributed by atoms with Gasteiger partial charge in [-0.2, -0.15) is 0 Å². The lowest BCUT2D eigenvalue weighted by Gasteiger charge is -2.18. The monoisotopic (exact) mass is 230 g/mol. The standard InChI is InChI=1S/C16H22O/c1-13-7-9-14(10-8-13)11-12-16(17)15-5-3-2-4-6-15/h5,7-10,16-17H,2-4,6,11-12H2,1H3. The zero-order valence-electron chi connectivity index (χ0n) is 10.7. The van der Waals surface area contributed by atoms with E-state index in [0.717, 1.165) is 25.7 Å². The average molecular weight is 230 g/mol. The van der Waals surface area contributed by atoms with Crippen molar-refractivity contribution in [1.82, 2.24) is 0 Å². The maximum Gasteiger partial charge on any atom is 0.0753 e. The fourth-order valence-electron chi connectivity index (χ4n) is 2.41. The lowest BCUT2D eigenvalue weighted by molar-refractivity contribution is 0.194. The van der Waals surface area contributed by atoms with E-state index in [4.69, 9.17) is 0 Å². The summed E-state index contributed by atoms with van der Waals surface area (Å²) >= 11 is 0. The van der Waals surface area contributed by atoms with E-state index in [2.05, 4.69) is 37.3 Å². The van der Waals surface area contributed by atoms with E-state index >= 15 is 0 Å². The van der Waals surface area contributed by atoms with Gasteiger partial charge in [0.2, 0.25) is 0 Å². The van der Waals surface area contributed by atoms with Crippen LogP contribution in [0.2, 0.25) is 0 Å². The number of aryl methyl sites for hydroxylation is 2. The first-order chi connectivity index (χ1) is 8.25. The molecule has 1 N–H and O–H groups in total. The fourth-order valence-corrected chi connectivity index (χ4v) is 2.41. The van der Waals surface area contributed by atoms with E-state index < -0.39 is 0 Å². The Balaban J connectivity index is 1.85. The first kappa shape index (κ1) is 12.4. The second kappa shape index (κ2) is 6.02. The molecule has 17 heavy (non-hydrogen) atoms. The molecule has 0 saturated carbocycles. The molecule has 0 radical (unpaired) electrons. The van der Waals surface area contributed by atoms with E-state index in [0.29, 0.717) is 0 Å². The Bertz CT molecular complexity index is 375. The van der Waals surface area contributed by atoms with Crippen LogP contribution in [0.5, 0.6) is 0 Å². The zero-order valence-corrected chi connectivity index (χ0v) is 10.7. The van der Waals surface area contributed by atoms with E-state index in [1.54, 1.807) is 0 Å². The van der Waals surface area contributed by atoms with Crippen LogP contribution in [0.4, 0.5) is 0 Å². The van der Waals surface area contributed by atoms with Crippen molar-refractivity contribution in [1.29, 1.82) is 0 Å². The van der Waals surface area contributed by atoms with Gasteiger partial charge in [-0.25, -0.2) is 0 Å². The van der Waals surface area contributed by atoms with Gasteiger partial charge in [-0.05, 0) is 56.6 Å². The molecule has 0 spiro atoms. The van der Waals surface area contributed by atoms with Crippen molar-refractivity contribution < 1.29 is 5.11 Å². The Morgan fingerprint density at radius 3 is 2.59 bits per heavy atom. The molecule has 92 valence electrons. The summed E-state index contributed by atoms with van der Waals surface area (Å²) < 4.78 is 0. The molecule has 0 fully saturated rings. The molecular weight excluding hydrogens is 208 g/mol. The minimum Gasteiger partial charge on any atom is -0.389 e. The molecule has 1 heteroatoms. The Morgan fingerprint density at radius 1 is 1.18 bits per heavy atom. The van der Waals surface area contributed by atoms with E-state index in [1.165, 1.54) is 29.5 Å². The molecule has 1 aliphatic rings. The van der Waals surface area contributed by atoms with Gasteiger partial charge in [-0.15, -0.1) is 0 Å². The van der Waals surface area contributed by atoms with Gasteiger partial charge in [0.05, 0.1) is 6.10 Å². The third-order valence-corrected chi connectivity index (χ3v) is 3.58. The van der Waals surface area contributed by atoms with Crippen LogP contribution >= 0.6 is 0 Å². The average Bonchev–Trinajstić information content (AvgIpc) is 2.39. The second-order valence-electron chi connectivity index (χ2n) is 5.06. The van der Waals surface area contributed by atoms with Gasteiger partial charge in [-0.1, -0.05) is 35.9 Å². The topological polar surface area (TPSA) is 20.2 Å². The molecule has 1 aromatic rings. The summed E-state index contributed by atoms with van der Waals surface area (Å²) in [5.74, 6) is 0. The molecular formula is C16H22O. The van der Waals surface area contributed by atoms with Crippen molar-refractivity contribution >= 4 is 0 Å². The number of benzene rings is 1. The third kappa shape index (κ3) is 3.71. The van der Waals surface area contributed by atoms with Gasteiger partial charge in [-0.3, -0.25) is 0 Å². The van der Waals surface area contributed by atoms with E-state index in [-0.39, 0.29) is 6.10 Å². The summed E-state index contributed by atoms with van der Waals surface area (Å²) in [5.41, 5.74) is 3.89. The van der Waals surface area contributed by atoms with Crippen LogP contribution in [-0.2, 0) is 6.42 Å². The molecule has 1 aliphatic carbocycles. The summed E-state index contributed by atoms with van der Waals surface area (Å²) in [4.78, 5) is 0. The Hall–Kier alpha value is -1.08. The highest BCUT2D eigenvalue weighted by Gasteiger charge is 2.12. The quantitative estimate of drug-likeness (QED) is 0.780. The molecule has 1 nitrogen and oxygen atoms in total. The van der Waals surface area contributed by atoms with Crippen LogP contribution in [0.25, 0.3) is 0 Å². The molecule has 0 aliphatic heterocycles. The van der Waals surface area contributed by atoms with Crippen molar-refractivity contribution in [3.8, 4) is 0 Å². The van der Waals surface area contributed by atoms with E-state index in [9.17, 15) is 5.11 Å². The summed E-state index contributed by atoms with van der Waals surface area (Å²) in [5, 5.41) is 10.1. The smallest absolute Gasteiger partial charge is 0.0753 e. The minimum absolute atomic E-state index is 0.225. The Labute approximate surface area is 104 Å². The van der Waals surface area contributed by atoms with Gasteiger partial charge in [0.1, 0.15) is 0 Å². The predicted octanol–water partition coefficient (Wildman–Crippen LogP) is 3.79. The lowest BCUT2D eigenvalue weighted by atomic mass is 9.92. The SMILES string of the molecule is Cc1ccc(CCC(O)C2=CCCCC2)cc1. The van der Waals surface area contributed by atoms with Crippen LogP contribution in [0.1, 0.15) is 43.2 Å². The fraction of sp³-hybridized carbons (Fsp3) is 0.500. The summed E-state index contributed by atoms with van der Waals surface area (Å²) in [6, 6.07) is 8.61. The Kier molecular flexibility index (Phi) is 4.38. The van der Waals surface area contributed by atoms with Gasteiger partial charge >= 0.3 is 0 Å². The molecule has 0 amide bonds. The molecule has 0 saturated heterocycles. The summed E-state index contributed by atoms with van der Waals surface area (Å²) in [7, 11) is 0. The van der Waals surface area contributed by atoms with Crippen LogP contribution < -0.4 is 0 Å². The van der Waals surface area contributed by atoms with Crippen LogP contribution in [0, 0.1) is 6.92 Å². The molecule has 1 unspecified atom stereocenters. The van der Waals surface area contributed by atoms with Crippen molar-refractivity contribution in [3.05, 3.63) is 47.0 Å². The largest absolute Gasteiger partial charge is 0.389 e. The lowest BCUT2D eigenvalue weighted by Crippen LogP contribution is -2.13. The maximum absolute atomic E-state index is 10.1. The number of allylic oxidation sites excluding steroid dienone is 1. The molecule has 0 bridgehead atoms.